The van der Waals surface area contributed by atoms with Crippen LogP contribution in [0.3, 0.4) is 0 Å². The topological polar surface area (TPSA) is 58.1 Å². The number of nitrogens with zero attached hydrogens (tertiary/aromatic N) is 3. The van der Waals surface area contributed by atoms with E-state index in [-0.39, 0.29) is 5.91 Å². The van der Waals surface area contributed by atoms with Crippen molar-refractivity contribution in [2.24, 2.45) is 5.92 Å². The molecule has 2 aromatic rings. The predicted octanol–water partition coefficient (Wildman–Crippen LogP) is 1.73. The molecule has 1 aliphatic heterocycles. The van der Waals surface area contributed by atoms with Crippen molar-refractivity contribution in [1.29, 1.82) is 0 Å². The second kappa shape index (κ2) is 7.13. The van der Waals surface area contributed by atoms with E-state index >= 15 is 0 Å². The van der Waals surface area contributed by atoms with Gasteiger partial charge in [-0.1, -0.05) is 30.3 Å². The molecular weight excluding hydrogens is 276 g/mol. The van der Waals surface area contributed by atoms with E-state index in [9.17, 15) is 4.79 Å². The van der Waals surface area contributed by atoms with Gasteiger partial charge in [-0.3, -0.25) is 9.69 Å². The number of nitrogens with one attached hydrogen (secondary N) is 1. The van der Waals surface area contributed by atoms with Crippen LogP contribution in [0.1, 0.15) is 22.3 Å². The van der Waals surface area contributed by atoms with Crippen LogP contribution in [0.15, 0.2) is 48.8 Å². The van der Waals surface area contributed by atoms with Crippen molar-refractivity contribution in [3.05, 3.63) is 59.9 Å². The van der Waals surface area contributed by atoms with E-state index < -0.39 is 0 Å². The molecule has 1 aromatic heterocycles. The van der Waals surface area contributed by atoms with Crippen LogP contribution in [-0.2, 0) is 6.54 Å². The van der Waals surface area contributed by atoms with Crippen molar-refractivity contribution in [2.45, 2.75) is 13.0 Å². The van der Waals surface area contributed by atoms with Crippen LogP contribution in [0.25, 0.3) is 0 Å². The van der Waals surface area contributed by atoms with Crippen LogP contribution < -0.4 is 5.32 Å². The standard InChI is InChI=1S/C17H20N4O/c22-17(16-6-8-19-20-11-16)18-10-15-7-9-21(13-15)12-14-4-2-1-3-5-14/h1-6,8,11,15H,7,9-10,12-13H2,(H,18,22). The maximum atomic E-state index is 12.0. The van der Waals surface area contributed by atoms with Crippen molar-refractivity contribution in [3.63, 3.8) is 0 Å². The smallest absolute Gasteiger partial charge is 0.252 e. The highest BCUT2D eigenvalue weighted by molar-refractivity contribution is 5.93. The summed E-state index contributed by atoms with van der Waals surface area (Å²) in [5, 5.41) is 10.4. The molecule has 5 nitrogen and oxygen atoms in total. The normalized spacial score (nSPS) is 18.3. The molecule has 0 bridgehead atoms. The van der Waals surface area contributed by atoms with Crippen LogP contribution in [0.5, 0.6) is 0 Å². The molecule has 1 amide bonds. The van der Waals surface area contributed by atoms with E-state index in [1.165, 1.54) is 18.0 Å². The Bertz CT molecular complexity index is 603. The summed E-state index contributed by atoms with van der Waals surface area (Å²) in [6, 6.07) is 12.2. The molecule has 1 aliphatic rings. The van der Waals surface area contributed by atoms with Crippen LogP contribution in [0.4, 0.5) is 0 Å². The van der Waals surface area contributed by atoms with Gasteiger partial charge in [0.25, 0.3) is 5.91 Å². The van der Waals surface area contributed by atoms with E-state index in [0.717, 1.165) is 26.1 Å². The van der Waals surface area contributed by atoms with Gasteiger partial charge in [-0.2, -0.15) is 10.2 Å². The molecule has 2 heterocycles. The van der Waals surface area contributed by atoms with E-state index in [4.69, 9.17) is 0 Å². The Balaban J connectivity index is 1.44. The first-order chi connectivity index (χ1) is 10.8. The number of aromatic nitrogens is 2. The summed E-state index contributed by atoms with van der Waals surface area (Å²) in [5.74, 6) is 0.443. The summed E-state index contributed by atoms with van der Waals surface area (Å²) in [7, 11) is 0. The average molecular weight is 296 g/mol. The lowest BCUT2D eigenvalue weighted by Gasteiger charge is -2.16. The molecule has 0 radical (unpaired) electrons. The number of amides is 1. The predicted molar refractivity (Wildman–Crippen MR) is 84.2 cm³/mol. The highest BCUT2D eigenvalue weighted by Crippen LogP contribution is 2.18. The number of likely N-dealkylation sites (tertiary alicyclic amines) is 1. The lowest BCUT2D eigenvalue weighted by atomic mass is 10.1. The maximum Gasteiger partial charge on any atom is 0.252 e. The maximum absolute atomic E-state index is 12.0. The van der Waals surface area contributed by atoms with Crippen LogP contribution in [0.2, 0.25) is 0 Å². The number of benzene rings is 1. The Morgan fingerprint density at radius 3 is 2.86 bits per heavy atom. The van der Waals surface area contributed by atoms with Gasteiger partial charge >= 0.3 is 0 Å². The zero-order valence-corrected chi connectivity index (χ0v) is 12.5. The molecule has 1 atom stereocenters. The van der Waals surface area contributed by atoms with Crippen molar-refractivity contribution < 1.29 is 4.79 Å². The number of carbonyl (C=O) groups excluding carboxylic acids is 1. The van der Waals surface area contributed by atoms with Crippen molar-refractivity contribution in [2.75, 3.05) is 19.6 Å². The minimum absolute atomic E-state index is 0.0728. The first-order valence-electron chi connectivity index (χ1n) is 7.62. The van der Waals surface area contributed by atoms with Crippen LogP contribution in [-0.4, -0.2) is 40.6 Å². The lowest BCUT2D eigenvalue weighted by Crippen LogP contribution is -2.31. The van der Waals surface area contributed by atoms with Gasteiger partial charge in [-0.05, 0) is 30.5 Å². The van der Waals surface area contributed by atoms with Gasteiger partial charge in [-0.15, -0.1) is 0 Å². The number of hydrogen-bond donors (Lipinski definition) is 1. The molecule has 5 heteroatoms. The lowest BCUT2D eigenvalue weighted by molar-refractivity contribution is 0.0946. The summed E-state index contributed by atoms with van der Waals surface area (Å²) >= 11 is 0. The van der Waals surface area contributed by atoms with Crippen LogP contribution in [0, 0.1) is 5.92 Å². The molecule has 1 fully saturated rings. The molecule has 0 spiro atoms. The van der Waals surface area contributed by atoms with Crippen LogP contribution >= 0.6 is 0 Å². The molecule has 3 rings (SSSR count). The number of hydrogen-bond acceptors (Lipinski definition) is 4. The van der Waals surface area contributed by atoms with Gasteiger partial charge in [0, 0.05) is 19.6 Å². The Morgan fingerprint density at radius 2 is 2.09 bits per heavy atom. The van der Waals surface area contributed by atoms with E-state index in [2.05, 4.69) is 44.7 Å². The zero-order chi connectivity index (χ0) is 15.2. The first-order valence-corrected chi connectivity index (χ1v) is 7.62. The Morgan fingerprint density at radius 1 is 1.23 bits per heavy atom. The second-order valence-corrected chi connectivity index (χ2v) is 5.72. The fourth-order valence-electron chi connectivity index (χ4n) is 2.83. The molecule has 0 saturated carbocycles. The Hall–Kier alpha value is -2.27. The van der Waals surface area contributed by atoms with Crippen molar-refractivity contribution in [3.8, 4) is 0 Å². The molecule has 0 aliphatic carbocycles. The summed E-state index contributed by atoms with van der Waals surface area (Å²) in [5.41, 5.74) is 1.91. The monoisotopic (exact) mass is 296 g/mol. The summed E-state index contributed by atoms with van der Waals surface area (Å²) < 4.78 is 0. The highest BCUT2D eigenvalue weighted by atomic mass is 16.1. The molecule has 114 valence electrons. The number of carbonyl (C=O) groups is 1. The average Bonchev–Trinajstić information content (AvgIpc) is 3.02. The Kier molecular flexibility index (Phi) is 4.75. The Labute approximate surface area is 130 Å². The van der Waals surface area contributed by atoms with E-state index in [1.807, 2.05) is 6.07 Å². The fourth-order valence-corrected chi connectivity index (χ4v) is 2.83. The minimum Gasteiger partial charge on any atom is -0.352 e. The molecular formula is C17H20N4O. The molecule has 1 aromatic carbocycles. The van der Waals surface area contributed by atoms with E-state index in [1.54, 1.807) is 6.07 Å². The molecule has 1 unspecified atom stereocenters. The third kappa shape index (κ3) is 3.89. The fraction of sp³-hybridized carbons (Fsp3) is 0.353. The van der Waals surface area contributed by atoms with Gasteiger partial charge in [0.05, 0.1) is 18.0 Å². The summed E-state index contributed by atoms with van der Waals surface area (Å²) in [6.45, 7) is 3.82. The second-order valence-electron chi connectivity index (χ2n) is 5.72. The molecule has 1 saturated heterocycles. The minimum atomic E-state index is -0.0728. The summed E-state index contributed by atoms with van der Waals surface area (Å²) in [4.78, 5) is 14.4. The highest BCUT2D eigenvalue weighted by Gasteiger charge is 2.22. The van der Waals surface area contributed by atoms with Gasteiger partial charge in [0.1, 0.15) is 0 Å². The molecule has 1 N–H and O–H groups in total. The molecule has 22 heavy (non-hydrogen) atoms. The van der Waals surface area contributed by atoms with Crippen molar-refractivity contribution in [1.82, 2.24) is 20.4 Å². The van der Waals surface area contributed by atoms with Gasteiger partial charge in [0.2, 0.25) is 0 Å². The third-order valence-electron chi connectivity index (χ3n) is 4.02. The van der Waals surface area contributed by atoms with Gasteiger partial charge in [-0.25, -0.2) is 0 Å². The quantitative estimate of drug-likeness (QED) is 0.913. The zero-order valence-electron chi connectivity index (χ0n) is 12.5. The third-order valence-corrected chi connectivity index (χ3v) is 4.02. The summed E-state index contributed by atoms with van der Waals surface area (Å²) in [6.07, 6.45) is 4.15. The van der Waals surface area contributed by atoms with Gasteiger partial charge < -0.3 is 5.32 Å². The SMILES string of the molecule is O=C(NCC1CCN(Cc2ccccc2)C1)c1ccnnc1. The number of rotatable bonds is 5. The largest absolute Gasteiger partial charge is 0.352 e. The van der Waals surface area contributed by atoms with E-state index in [0.29, 0.717) is 18.0 Å². The first kappa shape index (κ1) is 14.7. The van der Waals surface area contributed by atoms with Gasteiger partial charge in [0.15, 0.2) is 0 Å². The van der Waals surface area contributed by atoms with Crippen molar-refractivity contribution >= 4 is 5.91 Å².